The first-order valence-electron chi connectivity index (χ1n) is 5.66. The molecule has 0 aliphatic heterocycles. The molecule has 0 amide bonds. The van der Waals surface area contributed by atoms with E-state index in [4.69, 9.17) is 5.73 Å². The third kappa shape index (κ3) is 2.72. The summed E-state index contributed by atoms with van der Waals surface area (Å²) in [6.07, 6.45) is 0. The topological polar surface area (TPSA) is 29.3 Å². The molecule has 0 spiro atoms. The summed E-state index contributed by atoms with van der Waals surface area (Å²) in [5.74, 6) is 0. The number of nitrogens with zero attached hydrogens (tertiary/aromatic N) is 1. The summed E-state index contributed by atoms with van der Waals surface area (Å²) in [6.45, 7) is 10.4. The lowest BCUT2D eigenvalue weighted by Crippen LogP contribution is -2.31. The van der Waals surface area contributed by atoms with Crippen molar-refractivity contribution in [2.75, 3.05) is 11.4 Å². The van der Waals surface area contributed by atoms with E-state index in [-0.39, 0.29) is 0 Å². The molecule has 0 fully saturated rings. The highest BCUT2D eigenvalue weighted by atomic mass is 15.1. The fraction of sp³-hybridized carbons (Fsp3) is 0.538. The van der Waals surface area contributed by atoms with E-state index >= 15 is 0 Å². The largest absolute Gasteiger partial charge is 0.369 e. The van der Waals surface area contributed by atoms with Crippen LogP contribution in [0.4, 0.5) is 5.69 Å². The number of rotatable bonds is 4. The predicted octanol–water partition coefficient (Wildman–Crippen LogP) is 2.69. The standard InChI is InChI=1S/C13H22N2/c1-5-15(10(2)3)13-8-11(4)6-7-12(13)9-14/h6-8,10H,5,9,14H2,1-4H3. The van der Waals surface area contributed by atoms with Crippen LogP contribution in [-0.4, -0.2) is 12.6 Å². The summed E-state index contributed by atoms with van der Waals surface area (Å²) in [4.78, 5) is 2.38. The van der Waals surface area contributed by atoms with Crippen LogP contribution in [-0.2, 0) is 6.54 Å². The SMILES string of the molecule is CCN(c1cc(C)ccc1CN)C(C)C. The predicted molar refractivity (Wildman–Crippen MR) is 67.2 cm³/mol. The molecule has 0 bridgehead atoms. The minimum absolute atomic E-state index is 0.516. The van der Waals surface area contributed by atoms with E-state index in [0.717, 1.165) is 6.54 Å². The average molecular weight is 206 g/mol. The zero-order chi connectivity index (χ0) is 11.4. The Hall–Kier alpha value is -1.02. The third-order valence-corrected chi connectivity index (χ3v) is 2.73. The lowest BCUT2D eigenvalue weighted by atomic mass is 10.1. The van der Waals surface area contributed by atoms with Crippen molar-refractivity contribution in [2.45, 2.75) is 40.3 Å². The van der Waals surface area contributed by atoms with E-state index in [0.29, 0.717) is 12.6 Å². The molecular weight excluding hydrogens is 184 g/mol. The zero-order valence-corrected chi connectivity index (χ0v) is 10.2. The van der Waals surface area contributed by atoms with Gasteiger partial charge in [-0.1, -0.05) is 12.1 Å². The van der Waals surface area contributed by atoms with E-state index in [1.807, 2.05) is 0 Å². The Bertz CT molecular complexity index is 318. The summed E-state index contributed by atoms with van der Waals surface area (Å²) in [6, 6.07) is 7.00. The van der Waals surface area contributed by atoms with E-state index in [9.17, 15) is 0 Å². The van der Waals surface area contributed by atoms with Crippen LogP contribution in [0.2, 0.25) is 0 Å². The Morgan fingerprint density at radius 1 is 1.33 bits per heavy atom. The molecule has 84 valence electrons. The third-order valence-electron chi connectivity index (χ3n) is 2.73. The first kappa shape index (κ1) is 12.1. The molecule has 0 radical (unpaired) electrons. The molecule has 1 rings (SSSR count). The first-order valence-corrected chi connectivity index (χ1v) is 5.66. The van der Waals surface area contributed by atoms with Gasteiger partial charge in [0, 0.05) is 24.8 Å². The molecule has 0 atom stereocenters. The Morgan fingerprint density at radius 2 is 2.00 bits per heavy atom. The number of nitrogens with two attached hydrogens (primary N) is 1. The van der Waals surface area contributed by atoms with Crippen molar-refractivity contribution in [3.63, 3.8) is 0 Å². The molecule has 0 aliphatic rings. The smallest absolute Gasteiger partial charge is 0.0416 e. The number of hydrogen-bond acceptors (Lipinski definition) is 2. The van der Waals surface area contributed by atoms with Crippen LogP contribution in [0.15, 0.2) is 18.2 Å². The molecule has 2 heteroatoms. The van der Waals surface area contributed by atoms with Crippen LogP contribution in [0.1, 0.15) is 31.9 Å². The van der Waals surface area contributed by atoms with Crippen LogP contribution >= 0.6 is 0 Å². The van der Waals surface area contributed by atoms with Gasteiger partial charge in [-0.15, -0.1) is 0 Å². The number of hydrogen-bond donors (Lipinski definition) is 1. The highest BCUT2D eigenvalue weighted by Crippen LogP contribution is 2.23. The quantitative estimate of drug-likeness (QED) is 0.820. The van der Waals surface area contributed by atoms with Gasteiger partial charge in [-0.3, -0.25) is 0 Å². The minimum Gasteiger partial charge on any atom is -0.369 e. The lowest BCUT2D eigenvalue weighted by Gasteiger charge is -2.29. The molecule has 0 heterocycles. The Balaban J connectivity index is 3.13. The van der Waals surface area contributed by atoms with Crippen LogP contribution in [0.5, 0.6) is 0 Å². The van der Waals surface area contributed by atoms with Gasteiger partial charge in [0.25, 0.3) is 0 Å². The fourth-order valence-electron chi connectivity index (χ4n) is 1.93. The number of anilines is 1. The molecule has 15 heavy (non-hydrogen) atoms. The molecule has 2 N–H and O–H groups in total. The van der Waals surface area contributed by atoms with Crippen molar-refractivity contribution < 1.29 is 0 Å². The highest BCUT2D eigenvalue weighted by Gasteiger charge is 2.11. The molecule has 0 saturated heterocycles. The molecule has 0 unspecified atom stereocenters. The first-order chi connectivity index (χ1) is 7.10. The van der Waals surface area contributed by atoms with Gasteiger partial charge in [0.05, 0.1) is 0 Å². The lowest BCUT2D eigenvalue weighted by molar-refractivity contribution is 0.699. The Labute approximate surface area is 93.1 Å². The van der Waals surface area contributed by atoms with Gasteiger partial charge in [-0.2, -0.15) is 0 Å². The van der Waals surface area contributed by atoms with Gasteiger partial charge in [0.2, 0.25) is 0 Å². The van der Waals surface area contributed by atoms with Crippen LogP contribution in [0.3, 0.4) is 0 Å². The van der Waals surface area contributed by atoms with E-state index in [1.165, 1.54) is 16.8 Å². The van der Waals surface area contributed by atoms with Gasteiger partial charge in [0.1, 0.15) is 0 Å². The van der Waals surface area contributed by atoms with Crippen molar-refractivity contribution in [1.29, 1.82) is 0 Å². The van der Waals surface area contributed by atoms with Crippen LogP contribution in [0.25, 0.3) is 0 Å². The van der Waals surface area contributed by atoms with Crippen molar-refractivity contribution in [1.82, 2.24) is 0 Å². The summed E-state index contributed by atoms with van der Waals surface area (Å²) in [5, 5.41) is 0. The zero-order valence-electron chi connectivity index (χ0n) is 10.2. The summed E-state index contributed by atoms with van der Waals surface area (Å²) < 4.78 is 0. The Kier molecular flexibility index (Phi) is 4.15. The van der Waals surface area contributed by atoms with Gasteiger partial charge in [0.15, 0.2) is 0 Å². The monoisotopic (exact) mass is 206 g/mol. The average Bonchev–Trinajstić information content (AvgIpc) is 2.18. The van der Waals surface area contributed by atoms with Crippen molar-refractivity contribution in [3.8, 4) is 0 Å². The molecule has 2 nitrogen and oxygen atoms in total. The Morgan fingerprint density at radius 3 is 2.47 bits per heavy atom. The van der Waals surface area contributed by atoms with Gasteiger partial charge >= 0.3 is 0 Å². The molecular formula is C13H22N2. The van der Waals surface area contributed by atoms with Crippen molar-refractivity contribution >= 4 is 5.69 Å². The normalized spacial score (nSPS) is 10.8. The summed E-state index contributed by atoms with van der Waals surface area (Å²) >= 11 is 0. The van der Waals surface area contributed by atoms with E-state index in [1.54, 1.807) is 0 Å². The molecule has 1 aromatic rings. The molecule has 0 aliphatic carbocycles. The van der Waals surface area contributed by atoms with Crippen molar-refractivity contribution in [2.24, 2.45) is 5.73 Å². The highest BCUT2D eigenvalue weighted by molar-refractivity contribution is 5.56. The second-order valence-electron chi connectivity index (χ2n) is 4.22. The maximum Gasteiger partial charge on any atom is 0.0416 e. The molecule has 0 saturated carbocycles. The summed E-state index contributed by atoms with van der Waals surface area (Å²) in [7, 11) is 0. The second-order valence-corrected chi connectivity index (χ2v) is 4.22. The number of aryl methyl sites for hydroxylation is 1. The van der Waals surface area contributed by atoms with E-state index < -0.39 is 0 Å². The van der Waals surface area contributed by atoms with Gasteiger partial charge < -0.3 is 10.6 Å². The minimum atomic E-state index is 0.516. The fourth-order valence-corrected chi connectivity index (χ4v) is 1.93. The van der Waals surface area contributed by atoms with Crippen LogP contribution in [0, 0.1) is 6.92 Å². The maximum absolute atomic E-state index is 5.77. The second kappa shape index (κ2) is 5.17. The van der Waals surface area contributed by atoms with Crippen LogP contribution < -0.4 is 10.6 Å². The van der Waals surface area contributed by atoms with Gasteiger partial charge in [-0.25, -0.2) is 0 Å². The summed E-state index contributed by atoms with van der Waals surface area (Å²) in [5.41, 5.74) is 9.58. The van der Waals surface area contributed by atoms with Gasteiger partial charge in [-0.05, 0) is 44.9 Å². The molecule has 0 aromatic heterocycles. The maximum atomic E-state index is 5.77. The van der Waals surface area contributed by atoms with Crippen molar-refractivity contribution in [3.05, 3.63) is 29.3 Å². The van der Waals surface area contributed by atoms with E-state index in [2.05, 4.69) is 50.8 Å². The molecule has 1 aromatic carbocycles. The number of benzene rings is 1.